The fourth-order valence-electron chi connectivity index (χ4n) is 2.78. The van der Waals surface area contributed by atoms with Gasteiger partial charge in [0.25, 0.3) is 0 Å². The molecule has 0 aromatic heterocycles. The van der Waals surface area contributed by atoms with Crippen molar-refractivity contribution in [3.63, 3.8) is 0 Å². The molecule has 2 heteroatoms. The summed E-state index contributed by atoms with van der Waals surface area (Å²) in [6.45, 7) is 14.4. The van der Waals surface area contributed by atoms with Crippen LogP contribution in [0, 0.1) is 0 Å². The minimum Gasteiger partial charge on any atom is -0.305 e. The predicted molar refractivity (Wildman–Crippen MR) is 86.9 cm³/mol. The minimum absolute atomic E-state index is 0.0340. The number of allylic oxidation sites excluding steroid dienone is 1. The van der Waals surface area contributed by atoms with Crippen molar-refractivity contribution in [2.24, 2.45) is 0 Å². The van der Waals surface area contributed by atoms with Gasteiger partial charge < -0.3 is 5.32 Å². The molecular formula is C18H28N2. The van der Waals surface area contributed by atoms with Crippen LogP contribution in [0.25, 0.3) is 0 Å². The summed E-state index contributed by atoms with van der Waals surface area (Å²) >= 11 is 0. The smallest absolute Gasteiger partial charge is 0.0535 e. The first-order valence-corrected chi connectivity index (χ1v) is 7.52. The third-order valence-corrected chi connectivity index (χ3v) is 4.41. The van der Waals surface area contributed by atoms with Crippen LogP contribution in [0.2, 0.25) is 0 Å². The predicted octanol–water partition coefficient (Wildman–Crippen LogP) is 3.55. The number of nitrogens with one attached hydrogen (secondary N) is 1. The van der Waals surface area contributed by atoms with Crippen molar-refractivity contribution in [3.8, 4) is 0 Å². The number of benzene rings is 1. The van der Waals surface area contributed by atoms with Crippen LogP contribution in [0.3, 0.4) is 0 Å². The molecule has 2 rings (SSSR count). The van der Waals surface area contributed by atoms with Crippen molar-refractivity contribution in [2.75, 3.05) is 19.6 Å². The molecule has 1 fully saturated rings. The Hall–Kier alpha value is -1.12. The van der Waals surface area contributed by atoms with Gasteiger partial charge in [-0.1, -0.05) is 42.0 Å². The Labute approximate surface area is 123 Å². The molecule has 110 valence electrons. The number of hydrogen-bond donors (Lipinski definition) is 1. The largest absolute Gasteiger partial charge is 0.305 e. The van der Waals surface area contributed by atoms with Crippen LogP contribution in [-0.4, -0.2) is 30.1 Å². The first-order valence-electron chi connectivity index (χ1n) is 7.52. The van der Waals surface area contributed by atoms with Gasteiger partial charge in [-0.15, -0.1) is 0 Å². The van der Waals surface area contributed by atoms with Gasteiger partial charge in [-0.2, -0.15) is 0 Å². The summed E-state index contributed by atoms with van der Waals surface area (Å²) in [4.78, 5) is 2.59. The Morgan fingerprint density at radius 1 is 1.20 bits per heavy atom. The zero-order valence-electron chi connectivity index (χ0n) is 13.5. The minimum atomic E-state index is 0.0340. The van der Waals surface area contributed by atoms with Crippen molar-refractivity contribution < 1.29 is 0 Å². The van der Waals surface area contributed by atoms with Crippen molar-refractivity contribution in [1.29, 1.82) is 0 Å². The van der Waals surface area contributed by atoms with Gasteiger partial charge in [-0.3, -0.25) is 4.90 Å². The molecule has 0 radical (unpaired) electrons. The lowest BCUT2D eigenvalue weighted by atomic mass is 9.85. The average molecular weight is 272 g/mol. The highest BCUT2D eigenvalue weighted by molar-refractivity contribution is 5.26. The molecular weight excluding hydrogens is 244 g/mol. The van der Waals surface area contributed by atoms with Crippen LogP contribution >= 0.6 is 0 Å². The summed E-state index contributed by atoms with van der Waals surface area (Å²) in [5.74, 6) is 0. The molecule has 1 aromatic carbocycles. The molecule has 0 amide bonds. The molecule has 0 spiro atoms. The average Bonchev–Trinajstić information content (AvgIpc) is 2.41. The second-order valence-corrected chi connectivity index (χ2v) is 7.03. The lowest BCUT2D eigenvalue weighted by molar-refractivity contribution is 0.0416. The molecule has 1 N–H and O–H groups in total. The molecule has 2 nitrogen and oxygen atoms in total. The van der Waals surface area contributed by atoms with E-state index in [9.17, 15) is 0 Å². The van der Waals surface area contributed by atoms with Crippen LogP contribution in [0.4, 0.5) is 0 Å². The Balaban J connectivity index is 2.21. The molecule has 1 atom stereocenters. The molecule has 1 aliphatic heterocycles. The molecule has 0 aliphatic carbocycles. The molecule has 0 bridgehead atoms. The summed E-state index contributed by atoms with van der Waals surface area (Å²) in [5, 5.41) is 3.76. The fourth-order valence-corrected chi connectivity index (χ4v) is 2.78. The molecule has 1 aromatic rings. The number of nitrogens with zero attached hydrogens (tertiary/aromatic N) is 1. The van der Waals surface area contributed by atoms with Crippen molar-refractivity contribution in [3.05, 3.63) is 47.5 Å². The molecule has 1 aliphatic rings. The summed E-state index contributed by atoms with van der Waals surface area (Å²) in [6.07, 6.45) is 2.33. The normalized spacial score (nSPS) is 26.2. The van der Waals surface area contributed by atoms with Gasteiger partial charge in [0.2, 0.25) is 0 Å². The summed E-state index contributed by atoms with van der Waals surface area (Å²) in [6, 6.07) is 10.8. The third-order valence-electron chi connectivity index (χ3n) is 4.41. The first-order chi connectivity index (χ1) is 9.33. The van der Waals surface area contributed by atoms with Crippen molar-refractivity contribution in [1.82, 2.24) is 10.2 Å². The molecule has 20 heavy (non-hydrogen) atoms. The van der Waals surface area contributed by atoms with E-state index in [4.69, 9.17) is 0 Å². The maximum absolute atomic E-state index is 3.76. The maximum atomic E-state index is 3.76. The van der Waals surface area contributed by atoms with E-state index in [1.54, 1.807) is 0 Å². The summed E-state index contributed by atoms with van der Waals surface area (Å²) in [5.41, 5.74) is 2.99. The zero-order valence-corrected chi connectivity index (χ0v) is 13.5. The molecule has 0 saturated carbocycles. The molecule has 1 heterocycles. The van der Waals surface area contributed by atoms with E-state index in [1.807, 2.05) is 0 Å². The highest BCUT2D eigenvalue weighted by Crippen LogP contribution is 2.30. The lowest BCUT2D eigenvalue weighted by Gasteiger charge is -2.51. The highest BCUT2D eigenvalue weighted by atomic mass is 15.3. The first kappa shape index (κ1) is 15.3. The van der Waals surface area contributed by atoms with Gasteiger partial charge in [0.15, 0.2) is 0 Å². The lowest BCUT2D eigenvalue weighted by Crippen LogP contribution is -2.65. The van der Waals surface area contributed by atoms with Crippen LogP contribution in [0.5, 0.6) is 0 Å². The molecule has 1 unspecified atom stereocenters. The Bertz CT molecular complexity index is 471. The highest BCUT2D eigenvalue weighted by Gasteiger charge is 2.40. The van der Waals surface area contributed by atoms with E-state index in [0.29, 0.717) is 0 Å². The SMILES string of the molecule is CC(C)=CCN1CC(C)(c2ccccc2)NCC1(C)C. The van der Waals surface area contributed by atoms with Gasteiger partial charge in [0.1, 0.15) is 0 Å². The second kappa shape index (κ2) is 5.71. The quantitative estimate of drug-likeness (QED) is 0.847. The third kappa shape index (κ3) is 3.31. The van der Waals surface area contributed by atoms with Gasteiger partial charge in [0, 0.05) is 25.2 Å². The maximum Gasteiger partial charge on any atom is 0.0535 e. The number of rotatable bonds is 3. The van der Waals surface area contributed by atoms with Crippen LogP contribution in [0.15, 0.2) is 42.0 Å². The van der Waals surface area contributed by atoms with Crippen LogP contribution in [-0.2, 0) is 5.54 Å². The van der Waals surface area contributed by atoms with Gasteiger partial charge in [-0.25, -0.2) is 0 Å². The van der Waals surface area contributed by atoms with Gasteiger partial charge in [0.05, 0.1) is 5.54 Å². The van der Waals surface area contributed by atoms with E-state index in [-0.39, 0.29) is 11.1 Å². The Kier molecular flexibility index (Phi) is 4.36. The fraction of sp³-hybridized carbons (Fsp3) is 0.556. The van der Waals surface area contributed by atoms with Crippen molar-refractivity contribution in [2.45, 2.75) is 45.7 Å². The summed E-state index contributed by atoms with van der Waals surface area (Å²) in [7, 11) is 0. The second-order valence-electron chi connectivity index (χ2n) is 7.03. The van der Waals surface area contributed by atoms with Crippen LogP contribution < -0.4 is 5.32 Å². The zero-order chi connectivity index (χ0) is 14.8. The van der Waals surface area contributed by atoms with Crippen molar-refractivity contribution >= 4 is 0 Å². The summed E-state index contributed by atoms with van der Waals surface area (Å²) < 4.78 is 0. The number of hydrogen-bond acceptors (Lipinski definition) is 2. The van der Waals surface area contributed by atoms with E-state index in [2.05, 4.69) is 81.2 Å². The van der Waals surface area contributed by atoms with Gasteiger partial charge >= 0.3 is 0 Å². The number of piperazine rings is 1. The molecule has 1 saturated heterocycles. The van der Waals surface area contributed by atoms with E-state index in [1.165, 1.54) is 11.1 Å². The van der Waals surface area contributed by atoms with Crippen LogP contribution in [0.1, 0.15) is 40.2 Å². The standard InChI is InChI=1S/C18H28N2/c1-15(2)11-12-20-14-18(5,19-13-17(20,3)4)16-9-7-6-8-10-16/h6-11,19H,12-14H2,1-5H3. The topological polar surface area (TPSA) is 15.3 Å². The monoisotopic (exact) mass is 272 g/mol. The Morgan fingerprint density at radius 2 is 1.85 bits per heavy atom. The van der Waals surface area contributed by atoms with E-state index in [0.717, 1.165) is 19.6 Å². The Morgan fingerprint density at radius 3 is 2.45 bits per heavy atom. The van der Waals surface area contributed by atoms with E-state index < -0.39 is 0 Å². The van der Waals surface area contributed by atoms with Gasteiger partial charge in [-0.05, 0) is 40.2 Å². The van der Waals surface area contributed by atoms with E-state index >= 15 is 0 Å².